The highest BCUT2D eigenvalue weighted by Gasteiger charge is 2.23. The number of thiazole rings is 1. The molecule has 2 aromatic carbocycles. The SMILES string of the molecule is CN(C)CCCN(C(=O)c1cc(Cl)ccc1Cl)c1nc2ccc(F)cc2s1. The highest BCUT2D eigenvalue weighted by atomic mass is 35.5. The zero-order valence-electron chi connectivity index (χ0n) is 14.9. The molecule has 0 unspecified atom stereocenters. The molecule has 0 aliphatic carbocycles. The van der Waals surface area contributed by atoms with E-state index >= 15 is 0 Å². The first kappa shape index (κ1) is 20.0. The molecule has 0 radical (unpaired) electrons. The number of carbonyl (C=O) groups is 1. The van der Waals surface area contributed by atoms with Crippen LogP contribution in [0.1, 0.15) is 16.8 Å². The van der Waals surface area contributed by atoms with Crippen LogP contribution in [0.3, 0.4) is 0 Å². The van der Waals surface area contributed by atoms with Gasteiger partial charge in [0, 0.05) is 11.6 Å². The van der Waals surface area contributed by atoms with Gasteiger partial charge in [0.05, 0.1) is 20.8 Å². The Kier molecular flexibility index (Phi) is 6.32. The van der Waals surface area contributed by atoms with Gasteiger partial charge in [-0.25, -0.2) is 9.37 Å². The Balaban J connectivity index is 1.98. The van der Waals surface area contributed by atoms with Crippen molar-refractivity contribution in [2.45, 2.75) is 6.42 Å². The highest BCUT2D eigenvalue weighted by Crippen LogP contribution is 2.32. The number of carbonyl (C=O) groups excluding carboxylic acids is 1. The Labute approximate surface area is 171 Å². The first-order chi connectivity index (χ1) is 12.8. The Hall–Kier alpha value is -1.73. The molecule has 4 nitrogen and oxygen atoms in total. The fraction of sp³-hybridized carbons (Fsp3) is 0.263. The van der Waals surface area contributed by atoms with E-state index < -0.39 is 0 Å². The fourth-order valence-electron chi connectivity index (χ4n) is 2.64. The fourth-order valence-corrected chi connectivity index (χ4v) is 4.02. The summed E-state index contributed by atoms with van der Waals surface area (Å²) in [6.07, 6.45) is 0.751. The third kappa shape index (κ3) is 4.76. The maximum Gasteiger partial charge on any atom is 0.261 e. The topological polar surface area (TPSA) is 36.4 Å². The van der Waals surface area contributed by atoms with Gasteiger partial charge in [0.15, 0.2) is 5.13 Å². The number of fused-ring (bicyclic) bond motifs is 1. The lowest BCUT2D eigenvalue weighted by atomic mass is 10.2. The molecule has 0 bridgehead atoms. The third-order valence-corrected chi connectivity index (χ3v) is 5.57. The number of amides is 1. The van der Waals surface area contributed by atoms with E-state index in [1.54, 1.807) is 29.2 Å². The first-order valence-electron chi connectivity index (χ1n) is 8.33. The molecule has 3 rings (SSSR count). The molecule has 3 aromatic rings. The molecule has 1 heterocycles. The molecular weight excluding hydrogens is 408 g/mol. The number of hydrogen-bond donors (Lipinski definition) is 0. The van der Waals surface area contributed by atoms with Crippen molar-refractivity contribution in [2.75, 3.05) is 32.1 Å². The van der Waals surface area contributed by atoms with Crippen LogP contribution in [-0.2, 0) is 0 Å². The summed E-state index contributed by atoms with van der Waals surface area (Å²) in [6.45, 7) is 1.27. The van der Waals surface area contributed by atoms with E-state index in [2.05, 4.69) is 4.98 Å². The summed E-state index contributed by atoms with van der Waals surface area (Å²) in [5, 5.41) is 1.27. The Morgan fingerprint density at radius 2 is 1.93 bits per heavy atom. The van der Waals surface area contributed by atoms with Crippen molar-refractivity contribution >= 4 is 55.8 Å². The highest BCUT2D eigenvalue weighted by molar-refractivity contribution is 7.22. The van der Waals surface area contributed by atoms with Crippen LogP contribution in [-0.4, -0.2) is 43.0 Å². The van der Waals surface area contributed by atoms with E-state index in [0.29, 0.717) is 37.5 Å². The van der Waals surface area contributed by atoms with Crippen LogP contribution in [0.5, 0.6) is 0 Å². The minimum absolute atomic E-state index is 0.277. The largest absolute Gasteiger partial charge is 0.309 e. The Bertz CT molecular complexity index is 977. The number of hydrogen-bond acceptors (Lipinski definition) is 4. The maximum atomic E-state index is 13.5. The van der Waals surface area contributed by atoms with Crippen molar-refractivity contribution in [2.24, 2.45) is 0 Å². The molecule has 0 atom stereocenters. The lowest BCUT2D eigenvalue weighted by molar-refractivity contribution is 0.0986. The summed E-state index contributed by atoms with van der Waals surface area (Å²) >= 11 is 13.5. The van der Waals surface area contributed by atoms with Crippen LogP contribution in [0.2, 0.25) is 10.0 Å². The van der Waals surface area contributed by atoms with Gasteiger partial charge in [-0.15, -0.1) is 0 Å². The zero-order valence-corrected chi connectivity index (χ0v) is 17.2. The van der Waals surface area contributed by atoms with Gasteiger partial charge in [-0.05, 0) is 63.5 Å². The van der Waals surface area contributed by atoms with Crippen LogP contribution in [0.4, 0.5) is 9.52 Å². The number of rotatable bonds is 6. The average Bonchev–Trinajstić information content (AvgIpc) is 3.02. The number of anilines is 1. The maximum absolute atomic E-state index is 13.5. The summed E-state index contributed by atoms with van der Waals surface area (Å²) in [6, 6.07) is 9.18. The molecule has 8 heteroatoms. The normalized spacial score (nSPS) is 11.3. The second-order valence-electron chi connectivity index (χ2n) is 6.35. The van der Waals surface area contributed by atoms with Gasteiger partial charge in [0.25, 0.3) is 5.91 Å². The van der Waals surface area contributed by atoms with E-state index in [0.717, 1.165) is 13.0 Å². The predicted molar refractivity (Wildman–Crippen MR) is 111 cm³/mol. The van der Waals surface area contributed by atoms with Gasteiger partial charge < -0.3 is 4.90 Å². The predicted octanol–water partition coefficient (Wildman–Crippen LogP) is 5.34. The molecule has 0 aliphatic rings. The Morgan fingerprint density at radius 1 is 1.15 bits per heavy atom. The minimum atomic E-state index is -0.332. The van der Waals surface area contributed by atoms with Crippen LogP contribution in [0.15, 0.2) is 36.4 Å². The second kappa shape index (κ2) is 8.52. The molecule has 0 spiro atoms. The van der Waals surface area contributed by atoms with Crippen LogP contribution in [0.25, 0.3) is 10.2 Å². The quantitative estimate of drug-likeness (QED) is 0.534. The van der Waals surface area contributed by atoms with Crippen LogP contribution >= 0.6 is 34.5 Å². The number of benzene rings is 2. The lowest BCUT2D eigenvalue weighted by Gasteiger charge is -2.21. The van der Waals surface area contributed by atoms with Crippen molar-refractivity contribution in [1.29, 1.82) is 0 Å². The van der Waals surface area contributed by atoms with Crippen molar-refractivity contribution in [3.05, 3.63) is 57.8 Å². The molecule has 1 aromatic heterocycles. The standard InChI is InChI=1S/C19H18Cl2FN3OS/c1-24(2)8-3-9-25(18(26)14-10-12(20)4-6-15(14)21)19-23-16-7-5-13(22)11-17(16)27-19/h4-7,10-11H,3,8-9H2,1-2H3. The van der Waals surface area contributed by atoms with Crippen molar-refractivity contribution in [3.8, 4) is 0 Å². The van der Waals surface area contributed by atoms with Gasteiger partial charge in [-0.3, -0.25) is 9.69 Å². The van der Waals surface area contributed by atoms with E-state index in [1.165, 1.54) is 23.5 Å². The van der Waals surface area contributed by atoms with E-state index in [-0.39, 0.29) is 11.7 Å². The summed E-state index contributed by atoms with van der Waals surface area (Å²) in [5.74, 6) is -0.609. The Morgan fingerprint density at radius 3 is 2.67 bits per heavy atom. The van der Waals surface area contributed by atoms with Gasteiger partial charge in [-0.1, -0.05) is 34.5 Å². The molecule has 0 saturated carbocycles. The summed E-state index contributed by atoms with van der Waals surface area (Å²) in [5.41, 5.74) is 0.971. The lowest BCUT2D eigenvalue weighted by Crippen LogP contribution is -2.33. The van der Waals surface area contributed by atoms with Gasteiger partial charge in [0.1, 0.15) is 5.82 Å². The number of nitrogens with zero attached hydrogens (tertiary/aromatic N) is 3. The molecule has 0 saturated heterocycles. The summed E-state index contributed by atoms with van der Waals surface area (Å²) in [7, 11) is 3.95. The van der Waals surface area contributed by atoms with E-state index in [4.69, 9.17) is 23.2 Å². The van der Waals surface area contributed by atoms with Crippen LogP contribution < -0.4 is 4.90 Å². The molecule has 1 amide bonds. The number of halogens is 3. The van der Waals surface area contributed by atoms with Crippen LogP contribution in [0, 0.1) is 5.82 Å². The molecule has 0 aliphatic heterocycles. The summed E-state index contributed by atoms with van der Waals surface area (Å²) in [4.78, 5) is 21.3. The molecular formula is C19H18Cl2FN3OS. The molecule has 0 N–H and O–H groups in total. The van der Waals surface area contributed by atoms with Gasteiger partial charge in [0.2, 0.25) is 0 Å². The molecule has 142 valence electrons. The second-order valence-corrected chi connectivity index (χ2v) is 8.20. The zero-order chi connectivity index (χ0) is 19.6. The third-order valence-electron chi connectivity index (χ3n) is 3.96. The van der Waals surface area contributed by atoms with Crippen molar-refractivity contribution in [3.63, 3.8) is 0 Å². The van der Waals surface area contributed by atoms with E-state index in [9.17, 15) is 9.18 Å². The first-order valence-corrected chi connectivity index (χ1v) is 9.90. The van der Waals surface area contributed by atoms with Gasteiger partial charge in [-0.2, -0.15) is 0 Å². The average molecular weight is 426 g/mol. The minimum Gasteiger partial charge on any atom is -0.309 e. The van der Waals surface area contributed by atoms with Crippen molar-refractivity contribution in [1.82, 2.24) is 9.88 Å². The smallest absolute Gasteiger partial charge is 0.261 e. The van der Waals surface area contributed by atoms with Crippen molar-refractivity contribution < 1.29 is 9.18 Å². The molecule has 27 heavy (non-hydrogen) atoms. The van der Waals surface area contributed by atoms with E-state index in [1.807, 2.05) is 19.0 Å². The number of aromatic nitrogens is 1. The molecule has 0 fully saturated rings. The summed E-state index contributed by atoms with van der Waals surface area (Å²) < 4.78 is 14.2. The van der Waals surface area contributed by atoms with Gasteiger partial charge >= 0.3 is 0 Å². The monoisotopic (exact) mass is 425 g/mol.